The summed E-state index contributed by atoms with van der Waals surface area (Å²) in [6.07, 6.45) is 0. The third-order valence-electron chi connectivity index (χ3n) is 4.31. The number of carbonyl (C=O) groups excluding carboxylic acids is 1. The van der Waals surface area contributed by atoms with Gasteiger partial charge >= 0.3 is 6.01 Å². The summed E-state index contributed by atoms with van der Waals surface area (Å²) in [7, 11) is 0. The molecule has 0 bridgehead atoms. The zero-order chi connectivity index (χ0) is 22.4. The van der Waals surface area contributed by atoms with E-state index in [1.807, 2.05) is 51.1 Å². The molecule has 1 amide bonds. The van der Waals surface area contributed by atoms with Crippen molar-refractivity contribution in [2.45, 2.75) is 20.8 Å². The van der Waals surface area contributed by atoms with E-state index in [0.717, 1.165) is 5.56 Å². The van der Waals surface area contributed by atoms with E-state index in [1.54, 1.807) is 16.8 Å². The van der Waals surface area contributed by atoms with E-state index >= 15 is 0 Å². The number of ether oxygens (including phenoxy) is 2. The van der Waals surface area contributed by atoms with Crippen LogP contribution in [0.3, 0.4) is 0 Å². The van der Waals surface area contributed by atoms with Crippen molar-refractivity contribution in [3.05, 3.63) is 52.5 Å². The van der Waals surface area contributed by atoms with E-state index in [4.69, 9.17) is 32.7 Å². The summed E-state index contributed by atoms with van der Waals surface area (Å²) in [5, 5.41) is 8.25. The molecular weight excluding hydrogens is 439 g/mol. The number of nitrogens with one attached hydrogen (secondary N) is 1. The molecule has 7 nitrogen and oxygen atoms in total. The van der Waals surface area contributed by atoms with Crippen LogP contribution in [0.4, 0.5) is 5.69 Å². The predicted octanol–water partition coefficient (Wildman–Crippen LogP) is 5.25. The van der Waals surface area contributed by atoms with Gasteiger partial charge in [0, 0.05) is 23.8 Å². The van der Waals surface area contributed by atoms with Gasteiger partial charge in [-0.25, -0.2) is 4.68 Å². The number of benzene rings is 2. The Hall–Kier alpha value is -2.61. The van der Waals surface area contributed by atoms with Crippen LogP contribution in [0.1, 0.15) is 20.8 Å². The molecule has 0 radical (unpaired) electrons. The molecule has 164 valence electrons. The maximum absolute atomic E-state index is 12.1. The van der Waals surface area contributed by atoms with Gasteiger partial charge in [-0.1, -0.05) is 43.1 Å². The van der Waals surface area contributed by atoms with Crippen molar-refractivity contribution in [2.24, 2.45) is 5.92 Å². The quantitative estimate of drug-likeness (QED) is 0.439. The number of anilines is 1. The highest BCUT2D eigenvalue weighted by atomic mass is 35.5. The van der Waals surface area contributed by atoms with Gasteiger partial charge in [0.05, 0.1) is 22.3 Å². The highest BCUT2D eigenvalue weighted by Crippen LogP contribution is 2.30. The molecule has 3 rings (SSSR count). The first kappa shape index (κ1) is 23.1. The van der Waals surface area contributed by atoms with Crippen LogP contribution in [0.2, 0.25) is 10.0 Å². The Bertz CT molecular complexity index is 1050. The number of hydrogen-bond acceptors (Lipinski definition) is 5. The Morgan fingerprint density at radius 1 is 1.13 bits per heavy atom. The Morgan fingerprint density at radius 2 is 1.94 bits per heavy atom. The van der Waals surface area contributed by atoms with E-state index in [2.05, 4.69) is 15.4 Å². The van der Waals surface area contributed by atoms with Gasteiger partial charge in [0.1, 0.15) is 6.61 Å². The standard InChI is InChI=1S/C22H24Cl2N4O3/c1-4-30-10-11-31-22-26-20(15-8-9-18(23)19(24)12-15)28(27-22)17-7-5-6-16(13-17)25-21(29)14(2)3/h5-9,12-14H,4,10-11H2,1-3H3,(H,25,29). The maximum Gasteiger partial charge on any atom is 0.336 e. The summed E-state index contributed by atoms with van der Waals surface area (Å²) in [6, 6.07) is 12.8. The molecule has 0 aliphatic carbocycles. The van der Waals surface area contributed by atoms with Gasteiger partial charge in [0.15, 0.2) is 5.82 Å². The molecule has 1 N–H and O–H groups in total. The lowest BCUT2D eigenvalue weighted by Gasteiger charge is -2.11. The molecule has 0 aliphatic heterocycles. The average Bonchev–Trinajstić information content (AvgIpc) is 3.17. The van der Waals surface area contributed by atoms with Crippen molar-refractivity contribution in [3.8, 4) is 23.1 Å². The van der Waals surface area contributed by atoms with Crippen LogP contribution < -0.4 is 10.1 Å². The van der Waals surface area contributed by atoms with Crippen molar-refractivity contribution in [1.29, 1.82) is 0 Å². The fraction of sp³-hybridized carbons (Fsp3) is 0.318. The minimum Gasteiger partial charge on any atom is -0.460 e. The van der Waals surface area contributed by atoms with E-state index < -0.39 is 0 Å². The van der Waals surface area contributed by atoms with Crippen molar-refractivity contribution in [2.75, 3.05) is 25.1 Å². The van der Waals surface area contributed by atoms with Gasteiger partial charge in [-0.05, 0) is 43.3 Å². The van der Waals surface area contributed by atoms with E-state index in [9.17, 15) is 4.79 Å². The van der Waals surface area contributed by atoms with Gasteiger partial charge in [0.2, 0.25) is 5.91 Å². The zero-order valence-corrected chi connectivity index (χ0v) is 19.1. The van der Waals surface area contributed by atoms with Gasteiger partial charge in [-0.2, -0.15) is 4.98 Å². The summed E-state index contributed by atoms with van der Waals surface area (Å²) in [5.74, 6) is 0.324. The summed E-state index contributed by atoms with van der Waals surface area (Å²) >= 11 is 12.3. The minimum absolute atomic E-state index is 0.0691. The van der Waals surface area contributed by atoms with Gasteiger partial charge in [-0.15, -0.1) is 5.10 Å². The molecule has 0 saturated carbocycles. The number of amides is 1. The molecule has 0 aliphatic rings. The molecule has 1 heterocycles. The zero-order valence-electron chi connectivity index (χ0n) is 17.6. The Labute approximate surface area is 191 Å². The molecule has 3 aromatic rings. The van der Waals surface area contributed by atoms with E-state index in [0.29, 0.717) is 47.1 Å². The normalized spacial score (nSPS) is 11.0. The molecule has 2 aromatic carbocycles. The van der Waals surface area contributed by atoms with Crippen molar-refractivity contribution >= 4 is 34.8 Å². The summed E-state index contributed by atoms with van der Waals surface area (Å²) < 4.78 is 12.6. The number of nitrogens with zero attached hydrogens (tertiary/aromatic N) is 3. The Morgan fingerprint density at radius 3 is 2.65 bits per heavy atom. The van der Waals surface area contributed by atoms with Crippen LogP contribution in [0.5, 0.6) is 6.01 Å². The molecular formula is C22H24Cl2N4O3. The lowest BCUT2D eigenvalue weighted by atomic mass is 10.2. The first-order chi connectivity index (χ1) is 14.9. The topological polar surface area (TPSA) is 78.3 Å². The second-order valence-corrected chi connectivity index (χ2v) is 7.81. The number of halogens is 2. The monoisotopic (exact) mass is 462 g/mol. The van der Waals surface area contributed by atoms with Crippen LogP contribution in [-0.4, -0.2) is 40.5 Å². The SMILES string of the molecule is CCOCCOc1nc(-c2ccc(Cl)c(Cl)c2)n(-c2cccc(NC(=O)C(C)C)c2)n1. The molecule has 0 atom stereocenters. The first-order valence-corrected chi connectivity index (χ1v) is 10.7. The van der Waals surface area contributed by atoms with E-state index in [-0.39, 0.29) is 17.8 Å². The number of carbonyl (C=O) groups is 1. The fourth-order valence-corrected chi connectivity index (χ4v) is 2.99. The van der Waals surface area contributed by atoms with Crippen LogP contribution in [0.15, 0.2) is 42.5 Å². The summed E-state index contributed by atoms with van der Waals surface area (Å²) in [6.45, 7) is 6.96. The number of aromatic nitrogens is 3. The molecule has 0 saturated heterocycles. The Balaban J connectivity index is 1.98. The van der Waals surface area contributed by atoms with E-state index in [1.165, 1.54) is 0 Å². The molecule has 9 heteroatoms. The second kappa shape index (κ2) is 10.6. The number of rotatable bonds is 9. The summed E-state index contributed by atoms with van der Waals surface area (Å²) in [4.78, 5) is 16.6. The minimum atomic E-state index is -0.132. The van der Waals surface area contributed by atoms with Crippen LogP contribution in [0.25, 0.3) is 17.1 Å². The highest BCUT2D eigenvalue weighted by molar-refractivity contribution is 6.42. The molecule has 0 spiro atoms. The van der Waals surface area contributed by atoms with Crippen molar-refractivity contribution < 1.29 is 14.3 Å². The third-order valence-corrected chi connectivity index (χ3v) is 5.05. The van der Waals surface area contributed by atoms with Gasteiger partial charge in [0.25, 0.3) is 0 Å². The third kappa shape index (κ3) is 5.97. The average molecular weight is 463 g/mol. The Kier molecular flexibility index (Phi) is 7.90. The molecule has 0 fully saturated rings. The largest absolute Gasteiger partial charge is 0.460 e. The lowest BCUT2D eigenvalue weighted by Crippen LogP contribution is -2.17. The van der Waals surface area contributed by atoms with Crippen molar-refractivity contribution in [1.82, 2.24) is 14.8 Å². The van der Waals surface area contributed by atoms with Crippen LogP contribution in [0, 0.1) is 5.92 Å². The second-order valence-electron chi connectivity index (χ2n) is 7.00. The molecule has 1 aromatic heterocycles. The number of hydrogen-bond donors (Lipinski definition) is 1. The maximum atomic E-state index is 12.1. The summed E-state index contributed by atoms with van der Waals surface area (Å²) in [5.41, 5.74) is 2.08. The van der Waals surface area contributed by atoms with Gasteiger partial charge in [-0.3, -0.25) is 4.79 Å². The fourth-order valence-electron chi connectivity index (χ4n) is 2.69. The van der Waals surface area contributed by atoms with Crippen LogP contribution in [-0.2, 0) is 9.53 Å². The smallest absolute Gasteiger partial charge is 0.336 e. The molecule has 31 heavy (non-hydrogen) atoms. The highest BCUT2D eigenvalue weighted by Gasteiger charge is 2.17. The first-order valence-electron chi connectivity index (χ1n) is 9.93. The van der Waals surface area contributed by atoms with Gasteiger partial charge < -0.3 is 14.8 Å². The predicted molar refractivity (Wildman–Crippen MR) is 122 cm³/mol. The molecule has 0 unspecified atom stereocenters. The van der Waals surface area contributed by atoms with Crippen LogP contribution >= 0.6 is 23.2 Å². The van der Waals surface area contributed by atoms with Crippen molar-refractivity contribution in [3.63, 3.8) is 0 Å². The lowest BCUT2D eigenvalue weighted by molar-refractivity contribution is -0.118.